The molecule has 0 saturated carbocycles. The molecule has 4 unspecified atom stereocenters. The number of allylic oxidation sites excluding steroid dienone is 1. The number of hydrogen-bond acceptors (Lipinski definition) is 0. The molecule has 20 heavy (non-hydrogen) atoms. The van der Waals surface area contributed by atoms with Gasteiger partial charge in [-0.2, -0.15) is 0 Å². The van der Waals surface area contributed by atoms with E-state index in [9.17, 15) is 8.78 Å². The maximum atomic E-state index is 13.8. The van der Waals surface area contributed by atoms with Gasteiger partial charge in [-0.05, 0) is 70.1 Å². The second-order valence-corrected chi connectivity index (χ2v) is 6.91. The molecular formula is C18H34F2. The van der Waals surface area contributed by atoms with Crippen molar-refractivity contribution < 1.29 is 8.78 Å². The highest BCUT2D eigenvalue weighted by atomic mass is 19.1. The Balaban J connectivity index is 4.16. The van der Waals surface area contributed by atoms with E-state index in [2.05, 4.69) is 34.3 Å². The van der Waals surface area contributed by atoms with Crippen LogP contribution in [0.5, 0.6) is 0 Å². The molecule has 4 atom stereocenters. The van der Waals surface area contributed by atoms with Gasteiger partial charge in [0.1, 0.15) is 6.17 Å². The lowest BCUT2D eigenvalue weighted by Crippen LogP contribution is -2.20. The van der Waals surface area contributed by atoms with E-state index >= 15 is 0 Å². The molecule has 120 valence electrons. The summed E-state index contributed by atoms with van der Waals surface area (Å²) in [5, 5.41) is 0. The predicted octanol–water partition coefficient (Wildman–Crippen LogP) is 6.51. The summed E-state index contributed by atoms with van der Waals surface area (Å²) in [6.45, 7) is 14.2. The van der Waals surface area contributed by atoms with Crippen LogP contribution in [0.15, 0.2) is 12.2 Å². The molecular weight excluding hydrogens is 254 g/mol. The van der Waals surface area contributed by atoms with Crippen molar-refractivity contribution in [1.29, 1.82) is 0 Å². The first-order chi connectivity index (χ1) is 9.23. The predicted molar refractivity (Wildman–Crippen MR) is 85.5 cm³/mol. The normalized spacial score (nSPS) is 17.8. The first-order valence-corrected chi connectivity index (χ1v) is 8.16. The fourth-order valence-electron chi connectivity index (χ4n) is 2.89. The molecule has 2 heteroatoms. The first-order valence-electron chi connectivity index (χ1n) is 8.16. The minimum atomic E-state index is -0.886. The molecule has 0 N–H and O–H groups in total. The zero-order chi connectivity index (χ0) is 15.7. The third-order valence-corrected chi connectivity index (χ3v) is 4.30. The maximum Gasteiger partial charge on any atom is 0.100 e. The summed E-state index contributed by atoms with van der Waals surface area (Å²) in [6, 6.07) is 0. The highest BCUT2D eigenvalue weighted by molar-refractivity contribution is 4.88. The first kappa shape index (κ1) is 19.6. The summed E-state index contributed by atoms with van der Waals surface area (Å²) >= 11 is 0. The molecule has 0 aliphatic carbocycles. The molecule has 0 heterocycles. The minimum Gasteiger partial charge on any atom is -0.248 e. The third-order valence-electron chi connectivity index (χ3n) is 4.30. The van der Waals surface area contributed by atoms with Crippen molar-refractivity contribution >= 4 is 0 Å². The van der Waals surface area contributed by atoms with Gasteiger partial charge in [0.05, 0.1) is 6.17 Å². The summed E-state index contributed by atoms with van der Waals surface area (Å²) < 4.78 is 26.5. The van der Waals surface area contributed by atoms with E-state index in [1.807, 2.05) is 0 Å². The Morgan fingerprint density at radius 1 is 0.900 bits per heavy atom. The Morgan fingerprint density at radius 3 is 1.90 bits per heavy atom. The average molecular weight is 288 g/mol. The van der Waals surface area contributed by atoms with E-state index in [-0.39, 0.29) is 0 Å². The van der Waals surface area contributed by atoms with Crippen molar-refractivity contribution in [1.82, 2.24) is 0 Å². The number of alkyl halides is 2. The zero-order valence-electron chi connectivity index (χ0n) is 14.1. The van der Waals surface area contributed by atoms with Crippen molar-refractivity contribution in [2.24, 2.45) is 17.8 Å². The fourth-order valence-corrected chi connectivity index (χ4v) is 2.89. The number of halogens is 2. The Bertz CT molecular complexity index is 258. The van der Waals surface area contributed by atoms with Gasteiger partial charge in [-0.3, -0.25) is 0 Å². The van der Waals surface area contributed by atoms with Gasteiger partial charge in [0.15, 0.2) is 0 Å². The third kappa shape index (κ3) is 9.50. The van der Waals surface area contributed by atoms with Crippen LogP contribution < -0.4 is 0 Å². The smallest absolute Gasteiger partial charge is 0.100 e. The van der Waals surface area contributed by atoms with Crippen LogP contribution in [0.25, 0.3) is 0 Å². The van der Waals surface area contributed by atoms with Crippen LogP contribution >= 0.6 is 0 Å². The summed E-state index contributed by atoms with van der Waals surface area (Å²) in [6.07, 6.45) is 2.66. The second kappa shape index (κ2) is 10.3. The Hall–Kier alpha value is -0.400. The molecule has 0 saturated heterocycles. The summed E-state index contributed by atoms with van der Waals surface area (Å²) in [5.41, 5.74) is 1.22. The minimum absolute atomic E-state index is 0.346. The van der Waals surface area contributed by atoms with Crippen LogP contribution in [0, 0.1) is 17.8 Å². The van der Waals surface area contributed by atoms with E-state index in [0.717, 1.165) is 19.3 Å². The molecule has 0 aromatic rings. The van der Waals surface area contributed by atoms with Gasteiger partial charge >= 0.3 is 0 Å². The molecule has 0 amide bonds. The molecule has 0 aromatic carbocycles. The topological polar surface area (TPSA) is 0 Å². The lowest BCUT2D eigenvalue weighted by molar-refractivity contribution is 0.191. The van der Waals surface area contributed by atoms with Crippen molar-refractivity contribution in [2.45, 2.75) is 85.5 Å². The lowest BCUT2D eigenvalue weighted by atomic mass is 9.78. The highest BCUT2D eigenvalue weighted by Crippen LogP contribution is 2.31. The van der Waals surface area contributed by atoms with Gasteiger partial charge in [-0.15, -0.1) is 6.58 Å². The van der Waals surface area contributed by atoms with E-state index in [1.54, 1.807) is 0 Å². The Morgan fingerprint density at radius 2 is 1.45 bits per heavy atom. The Labute approximate surface area is 125 Å². The van der Waals surface area contributed by atoms with Crippen LogP contribution in [0.3, 0.4) is 0 Å². The zero-order valence-corrected chi connectivity index (χ0v) is 14.1. The monoisotopic (exact) mass is 288 g/mol. The summed E-state index contributed by atoms with van der Waals surface area (Å²) in [5.74, 6) is 1.72. The number of hydrogen-bond donors (Lipinski definition) is 0. The van der Waals surface area contributed by atoms with Crippen LogP contribution in [-0.2, 0) is 0 Å². The SMILES string of the molecule is C=C(C)CCC(C)C(CCC(F)CCC(C)F)C(C)C. The average Bonchev–Trinajstić information content (AvgIpc) is 2.33. The molecule has 0 rings (SSSR count). The van der Waals surface area contributed by atoms with Crippen LogP contribution in [0.4, 0.5) is 8.78 Å². The Kier molecular flexibility index (Phi) is 10.1. The van der Waals surface area contributed by atoms with Gasteiger partial charge in [-0.25, -0.2) is 8.78 Å². The van der Waals surface area contributed by atoms with Crippen molar-refractivity contribution in [3.05, 3.63) is 12.2 Å². The van der Waals surface area contributed by atoms with Crippen molar-refractivity contribution in [3.63, 3.8) is 0 Å². The molecule has 0 aliphatic heterocycles. The van der Waals surface area contributed by atoms with Gasteiger partial charge in [-0.1, -0.05) is 26.3 Å². The van der Waals surface area contributed by atoms with Gasteiger partial charge in [0.2, 0.25) is 0 Å². The molecule has 0 aromatic heterocycles. The molecule has 0 radical (unpaired) electrons. The largest absolute Gasteiger partial charge is 0.248 e. The van der Waals surface area contributed by atoms with Crippen LogP contribution in [0.2, 0.25) is 0 Å². The molecule has 0 aliphatic rings. The van der Waals surface area contributed by atoms with E-state index < -0.39 is 12.3 Å². The number of rotatable bonds is 11. The van der Waals surface area contributed by atoms with Gasteiger partial charge in [0, 0.05) is 0 Å². The maximum absolute atomic E-state index is 13.8. The van der Waals surface area contributed by atoms with E-state index in [0.29, 0.717) is 37.0 Å². The lowest BCUT2D eigenvalue weighted by Gasteiger charge is -2.28. The van der Waals surface area contributed by atoms with E-state index in [4.69, 9.17) is 0 Å². The van der Waals surface area contributed by atoms with Gasteiger partial charge < -0.3 is 0 Å². The molecule has 0 nitrogen and oxygen atoms in total. The fraction of sp³-hybridized carbons (Fsp3) is 0.889. The highest BCUT2D eigenvalue weighted by Gasteiger charge is 2.22. The molecule has 0 fully saturated rings. The van der Waals surface area contributed by atoms with Crippen LogP contribution in [0.1, 0.15) is 73.1 Å². The summed E-state index contributed by atoms with van der Waals surface area (Å²) in [4.78, 5) is 0. The van der Waals surface area contributed by atoms with Gasteiger partial charge in [0.25, 0.3) is 0 Å². The van der Waals surface area contributed by atoms with E-state index in [1.165, 1.54) is 12.5 Å². The van der Waals surface area contributed by atoms with Crippen molar-refractivity contribution in [2.75, 3.05) is 0 Å². The van der Waals surface area contributed by atoms with Crippen molar-refractivity contribution in [3.8, 4) is 0 Å². The second-order valence-electron chi connectivity index (χ2n) is 6.91. The standard InChI is InChI=1S/C18H34F2/c1-13(2)7-8-15(5)18(14(3)4)12-11-17(20)10-9-16(6)19/h14-18H,1,7-12H2,2-6H3. The van der Waals surface area contributed by atoms with Crippen LogP contribution in [-0.4, -0.2) is 12.3 Å². The molecule has 0 spiro atoms. The molecule has 0 bridgehead atoms. The summed E-state index contributed by atoms with van der Waals surface area (Å²) in [7, 11) is 0. The quantitative estimate of drug-likeness (QED) is 0.380.